The molecular formula is C44H31Cl2F12N9O3P2PtRu. The zero-order valence-corrected chi connectivity index (χ0v) is 43.8. The van der Waals surface area contributed by atoms with E-state index in [1.165, 1.54) is 24.5 Å². The van der Waals surface area contributed by atoms with Gasteiger partial charge in [-0.1, -0.05) is 30.3 Å². The number of carboxylic acids is 1. The first-order chi connectivity index (χ1) is 33.8. The second-order valence-corrected chi connectivity index (χ2v) is 21.0. The van der Waals surface area contributed by atoms with Crippen LogP contribution in [0.2, 0.25) is 0 Å². The van der Waals surface area contributed by atoms with Gasteiger partial charge in [0.2, 0.25) is 0 Å². The molecule has 74 heavy (non-hydrogen) atoms. The summed E-state index contributed by atoms with van der Waals surface area (Å²) < 4.78 is 118. The van der Waals surface area contributed by atoms with Gasteiger partial charge in [0.1, 0.15) is 0 Å². The third-order valence-electron chi connectivity index (χ3n) is 8.19. The second-order valence-electron chi connectivity index (χ2n) is 13.8. The fourth-order valence-corrected chi connectivity index (χ4v) is 5.55. The van der Waals surface area contributed by atoms with E-state index < -0.39 is 38.1 Å². The van der Waals surface area contributed by atoms with E-state index in [4.69, 9.17) is 18.8 Å². The molecule has 9 rings (SSSR count). The van der Waals surface area contributed by atoms with Gasteiger partial charge < -0.3 is 10.4 Å². The molecule has 0 spiro atoms. The molecule has 0 fully saturated rings. The molecule has 1 amide bonds. The molecule has 2 N–H and O–H groups in total. The number of halogens is 14. The van der Waals surface area contributed by atoms with Crippen molar-refractivity contribution in [3.8, 4) is 34.2 Å². The summed E-state index contributed by atoms with van der Waals surface area (Å²) in [4.78, 5) is 58.3. The van der Waals surface area contributed by atoms with Crippen molar-refractivity contribution in [2.24, 2.45) is 0 Å². The van der Waals surface area contributed by atoms with Crippen LogP contribution in [0.5, 0.6) is 0 Å². The average Bonchev–Trinajstić information content (AvgIpc) is 3.34. The van der Waals surface area contributed by atoms with E-state index in [2.05, 4.69) is 45.2 Å². The third-order valence-corrected chi connectivity index (χ3v) is 8.19. The molecule has 0 aliphatic rings. The number of benzene rings is 1. The zero-order chi connectivity index (χ0) is 54.1. The van der Waals surface area contributed by atoms with E-state index in [0.717, 1.165) is 39.1 Å². The first-order valence-corrected chi connectivity index (χ1v) is 29.2. The second kappa shape index (κ2) is 24.9. The number of amides is 1. The van der Waals surface area contributed by atoms with Crippen molar-refractivity contribution >= 4 is 73.8 Å². The fraction of sp³-hybridized carbons (Fsp3) is 0. The van der Waals surface area contributed by atoms with Gasteiger partial charge in [-0.25, -0.2) is 4.79 Å². The predicted octanol–water partition coefficient (Wildman–Crippen LogP) is 16.6. The number of nitrogens with zero attached hydrogens (tertiary/aromatic N) is 8. The van der Waals surface area contributed by atoms with Gasteiger partial charge in [-0.15, -0.1) is 0 Å². The predicted molar refractivity (Wildman–Crippen MR) is 253 cm³/mol. The molecule has 30 heteroatoms. The summed E-state index contributed by atoms with van der Waals surface area (Å²) in [7, 11) is -11.6. The van der Waals surface area contributed by atoms with Crippen molar-refractivity contribution in [1.29, 1.82) is 0 Å². The fourth-order valence-electron chi connectivity index (χ4n) is 5.55. The van der Waals surface area contributed by atoms with E-state index in [-0.39, 0.29) is 30.9 Å². The number of anilines is 1. The van der Waals surface area contributed by atoms with Crippen LogP contribution in [-0.4, -0.2) is 56.9 Å². The smallest absolute Gasteiger partial charge is 0.255 e. The van der Waals surface area contributed by atoms with Crippen molar-refractivity contribution in [2.45, 2.75) is 0 Å². The number of carbonyl (C=O) groups is 2. The molecule has 0 saturated carbocycles. The Morgan fingerprint density at radius 3 is 1.15 bits per heavy atom. The maximum absolute atomic E-state index is 13.1. The molecule has 0 radical (unpaired) electrons. The van der Waals surface area contributed by atoms with Gasteiger partial charge in [0.15, 0.2) is 0 Å². The van der Waals surface area contributed by atoms with Gasteiger partial charge in [-0.3, -0.25) is 44.7 Å². The number of carboxylic acid groups (broad SMARTS) is 1. The monoisotopic (exact) mass is 1390 g/mol. The van der Waals surface area contributed by atoms with E-state index in [9.17, 15) is 65.1 Å². The van der Waals surface area contributed by atoms with Crippen molar-refractivity contribution < 1.29 is 101 Å². The standard InChI is InChI=1S/C24H15N5O3.2C10H8N2.2ClH.2F6P.Pt.Ru/c30-23(15-5-9-25-19(12-15)20-13-16(24(31)32)6-10-26-20)29-18-11-14-3-1-7-27-21(14)22-17(18)4-2-8-28-22;2*1-3-7-11-9(5-1)10-6-2-4-8-12-10;;;2*1-7(2,3,4,5)6;;/h1-13H,(H,29,30)(H,31,32);2*1-8H;2*1H;;;;/q;;;;;2*-1;2*+2/p-2. The number of hydrogen-bond acceptors (Lipinski definition) is 10. The number of rotatable bonds is 6. The van der Waals surface area contributed by atoms with Crippen LogP contribution in [0.25, 0.3) is 56.0 Å². The SMILES string of the molecule is F[P-](F)(F)(F)(F)F.F[P-](F)(F)(F)(F)F.O=C(O)c1ccnc(-c2cc(C(=O)Nc3cc4cccnc4c4ncccc34)ccn2)c1.[Cl][Pt][Cl].[Ru+2].c1ccc(-c2ccccn2)nc1.c1ccc(-c2ccccn2)nc1. The van der Waals surface area contributed by atoms with Crippen LogP contribution in [0.3, 0.4) is 0 Å². The van der Waals surface area contributed by atoms with Gasteiger partial charge in [0.25, 0.3) is 5.91 Å². The van der Waals surface area contributed by atoms with Crippen LogP contribution in [0.15, 0.2) is 177 Å². The molecule has 8 aromatic heterocycles. The molecule has 0 atom stereocenters. The summed E-state index contributed by atoms with van der Waals surface area (Å²) in [5, 5.41) is 13.8. The van der Waals surface area contributed by atoms with Crippen LogP contribution in [0.4, 0.5) is 56.1 Å². The Kier molecular flexibility index (Phi) is 20.9. The molecule has 0 aliphatic carbocycles. The number of pyridine rings is 8. The summed E-state index contributed by atoms with van der Waals surface area (Å²) >= 11 is -0.472. The summed E-state index contributed by atoms with van der Waals surface area (Å²) in [5.74, 6) is -1.40. The number of carbonyl (C=O) groups excluding carboxylic acids is 1. The van der Waals surface area contributed by atoms with Crippen LogP contribution in [-0.2, 0) is 36.0 Å². The van der Waals surface area contributed by atoms with Crippen LogP contribution >= 0.6 is 34.5 Å². The van der Waals surface area contributed by atoms with Crippen molar-refractivity contribution in [2.75, 3.05) is 5.32 Å². The number of hydrogen-bond donors (Lipinski definition) is 2. The van der Waals surface area contributed by atoms with Crippen molar-refractivity contribution in [3.63, 3.8) is 0 Å². The molecule has 8 heterocycles. The van der Waals surface area contributed by atoms with E-state index >= 15 is 0 Å². The van der Waals surface area contributed by atoms with Gasteiger partial charge in [0.05, 0.1) is 56.4 Å². The van der Waals surface area contributed by atoms with Crippen molar-refractivity contribution in [3.05, 3.63) is 188 Å². The molecule has 0 bridgehead atoms. The maximum atomic E-state index is 13.1. The molecule has 0 aliphatic heterocycles. The Hall–Kier alpha value is -6.21. The first-order valence-electron chi connectivity index (χ1n) is 19.5. The number of aromatic carboxylic acids is 1. The minimum atomic E-state index is -10.7. The Balaban J connectivity index is 0.000000282. The van der Waals surface area contributed by atoms with E-state index in [1.807, 2.05) is 97.1 Å². The topological polar surface area (TPSA) is 170 Å². The summed E-state index contributed by atoms with van der Waals surface area (Å²) in [5.41, 5.74) is 6.95. The van der Waals surface area contributed by atoms with E-state index in [0.29, 0.717) is 28.2 Å². The first kappa shape index (κ1) is 62.1. The summed E-state index contributed by atoms with van der Waals surface area (Å²) in [6.07, 6.45) is 13.4. The van der Waals surface area contributed by atoms with Crippen LogP contribution < -0.4 is 5.32 Å². The molecule has 12 nitrogen and oxygen atoms in total. The quantitative estimate of drug-likeness (QED) is 0.0703. The number of nitrogens with one attached hydrogen (secondary N) is 1. The zero-order valence-electron chi connectivity index (χ0n) is 36.4. The largest absolute Gasteiger partial charge is 2.00 e. The Bertz CT molecular complexity index is 3080. The Morgan fingerprint density at radius 2 is 0.770 bits per heavy atom. The average molecular weight is 1390 g/mol. The normalized spacial score (nSPS) is 12.5. The Morgan fingerprint density at radius 1 is 0.432 bits per heavy atom. The van der Waals surface area contributed by atoms with Gasteiger partial charge >= 0.3 is 127 Å². The van der Waals surface area contributed by atoms with Crippen LogP contribution in [0.1, 0.15) is 20.7 Å². The van der Waals surface area contributed by atoms with Gasteiger partial charge in [-0.05, 0) is 97.1 Å². The van der Waals surface area contributed by atoms with E-state index in [1.54, 1.807) is 55.4 Å². The van der Waals surface area contributed by atoms with Gasteiger partial charge in [-0.2, -0.15) is 0 Å². The summed E-state index contributed by atoms with van der Waals surface area (Å²) in [6.45, 7) is 0. The minimum Gasteiger partial charge on any atom is -0.255 e. The number of aromatic nitrogens is 8. The minimum absolute atomic E-state index is 0. The van der Waals surface area contributed by atoms with Gasteiger partial charge in [0, 0.05) is 65.9 Å². The molecular weight excluding hydrogens is 1360 g/mol. The molecule has 9 aromatic rings. The maximum Gasteiger partial charge on any atom is 2.00 e. The number of fused-ring (bicyclic) bond motifs is 3. The molecule has 1 aromatic carbocycles. The third kappa shape index (κ3) is 25.6. The van der Waals surface area contributed by atoms with Crippen LogP contribution in [0, 0.1) is 0 Å². The molecule has 0 saturated heterocycles. The summed E-state index contributed by atoms with van der Waals surface area (Å²) in [6, 6.07) is 38.5. The van der Waals surface area contributed by atoms with Crippen molar-refractivity contribution in [1.82, 2.24) is 39.9 Å². The molecule has 396 valence electrons. The molecule has 0 unspecified atom stereocenters. The Labute approximate surface area is 439 Å².